The van der Waals surface area contributed by atoms with E-state index in [9.17, 15) is 0 Å². The first-order chi connectivity index (χ1) is 10.2. The van der Waals surface area contributed by atoms with Crippen molar-refractivity contribution in [2.24, 2.45) is 5.16 Å². The van der Waals surface area contributed by atoms with Crippen LogP contribution < -0.4 is 0 Å². The summed E-state index contributed by atoms with van der Waals surface area (Å²) >= 11 is 0. The van der Waals surface area contributed by atoms with Crippen LogP contribution in [-0.4, -0.2) is 11.3 Å². The third-order valence-corrected chi connectivity index (χ3v) is 3.69. The van der Waals surface area contributed by atoms with Gasteiger partial charge in [-0.2, -0.15) is 5.26 Å². The lowest BCUT2D eigenvalue weighted by atomic mass is 9.90. The van der Waals surface area contributed by atoms with Crippen molar-refractivity contribution in [2.75, 3.05) is 0 Å². The lowest BCUT2D eigenvalue weighted by molar-refractivity contribution is -0.00282. The highest BCUT2D eigenvalue weighted by Gasteiger charge is 2.34. The van der Waals surface area contributed by atoms with E-state index in [0.717, 1.165) is 24.1 Å². The number of rotatable bonds is 3. The molecule has 2 aromatic rings. The lowest BCUT2D eigenvalue weighted by Crippen LogP contribution is -2.27. The molecule has 104 valence electrons. The molecule has 21 heavy (non-hydrogen) atoms. The van der Waals surface area contributed by atoms with Crippen molar-refractivity contribution in [3.63, 3.8) is 0 Å². The molecule has 0 saturated heterocycles. The highest BCUT2D eigenvalue weighted by atomic mass is 16.7. The minimum atomic E-state index is -0.301. The van der Waals surface area contributed by atoms with Crippen LogP contribution in [0.25, 0.3) is 0 Å². The first kappa shape index (κ1) is 13.4. The highest BCUT2D eigenvalue weighted by molar-refractivity contribution is 6.01. The predicted octanol–water partition coefficient (Wildman–Crippen LogP) is 3.68. The number of nitriles is 1. The summed E-state index contributed by atoms with van der Waals surface area (Å²) in [5.74, 6) is 0. The molecule has 0 fully saturated rings. The van der Waals surface area contributed by atoms with Gasteiger partial charge in [-0.05, 0) is 30.2 Å². The fraction of sp³-hybridized carbons (Fsp3) is 0.222. The molecule has 0 radical (unpaired) electrons. The molecule has 3 heteroatoms. The van der Waals surface area contributed by atoms with E-state index in [4.69, 9.17) is 10.1 Å². The molecule has 1 aliphatic heterocycles. The predicted molar refractivity (Wildman–Crippen MR) is 81.9 cm³/mol. The van der Waals surface area contributed by atoms with E-state index in [1.807, 2.05) is 42.5 Å². The van der Waals surface area contributed by atoms with Gasteiger partial charge < -0.3 is 4.84 Å². The summed E-state index contributed by atoms with van der Waals surface area (Å²) in [6.45, 7) is 2.08. The zero-order chi connectivity index (χ0) is 14.7. The normalized spacial score (nSPS) is 20.5. The second-order valence-corrected chi connectivity index (χ2v) is 5.61. The molecule has 0 spiro atoms. The summed E-state index contributed by atoms with van der Waals surface area (Å²) in [4.78, 5) is 5.69. The van der Waals surface area contributed by atoms with Gasteiger partial charge in [0.2, 0.25) is 0 Å². The van der Waals surface area contributed by atoms with Crippen LogP contribution in [0.1, 0.15) is 30.0 Å². The van der Waals surface area contributed by atoms with Crippen LogP contribution in [0.2, 0.25) is 0 Å². The van der Waals surface area contributed by atoms with Gasteiger partial charge in [0.15, 0.2) is 0 Å². The van der Waals surface area contributed by atoms with Crippen molar-refractivity contribution in [1.29, 1.82) is 5.26 Å². The molecule has 1 unspecified atom stereocenters. The maximum atomic E-state index is 8.84. The number of oxime groups is 1. The van der Waals surface area contributed by atoms with E-state index in [1.54, 1.807) is 0 Å². The third-order valence-electron chi connectivity index (χ3n) is 3.69. The van der Waals surface area contributed by atoms with Gasteiger partial charge in [-0.15, -0.1) is 0 Å². The molecule has 3 nitrogen and oxygen atoms in total. The van der Waals surface area contributed by atoms with Crippen molar-refractivity contribution < 1.29 is 4.84 Å². The summed E-state index contributed by atoms with van der Waals surface area (Å²) in [5, 5.41) is 13.1. The highest BCUT2D eigenvalue weighted by Crippen LogP contribution is 2.30. The number of nitrogens with zero attached hydrogens (tertiary/aromatic N) is 2. The van der Waals surface area contributed by atoms with E-state index >= 15 is 0 Å². The Hall–Kier alpha value is -2.60. The van der Waals surface area contributed by atoms with Crippen LogP contribution in [0.3, 0.4) is 0 Å². The Morgan fingerprint density at radius 3 is 2.52 bits per heavy atom. The zero-order valence-corrected chi connectivity index (χ0v) is 11.9. The molecule has 0 bridgehead atoms. The summed E-state index contributed by atoms with van der Waals surface area (Å²) in [7, 11) is 0. The average molecular weight is 276 g/mol. The van der Waals surface area contributed by atoms with E-state index in [0.29, 0.717) is 5.56 Å². The summed E-state index contributed by atoms with van der Waals surface area (Å²) in [6.07, 6.45) is 1.60. The maximum absolute atomic E-state index is 8.84. The minimum absolute atomic E-state index is 0.301. The summed E-state index contributed by atoms with van der Waals surface area (Å²) in [5.41, 5.74) is 3.57. The van der Waals surface area contributed by atoms with Crippen molar-refractivity contribution in [2.45, 2.75) is 25.4 Å². The summed E-state index contributed by atoms with van der Waals surface area (Å²) in [6, 6.07) is 19.9. The average Bonchev–Trinajstić information content (AvgIpc) is 2.90. The lowest BCUT2D eigenvalue weighted by Gasteiger charge is -2.21. The van der Waals surface area contributed by atoms with Crippen LogP contribution >= 0.6 is 0 Å². The number of hydrogen-bond acceptors (Lipinski definition) is 3. The van der Waals surface area contributed by atoms with Crippen molar-refractivity contribution >= 4 is 5.71 Å². The second kappa shape index (κ2) is 5.41. The van der Waals surface area contributed by atoms with Gasteiger partial charge in [-0.25, -0.2) is 0 Å². The van der Waals surface area contributed by atoms with E-state index < -0.39 is 0 Å². The fourth-order valence-corrected chi connectivity index (χ4v) is 2.60. The molecule has 1 atom stereocenters. The standard InChI is InChI=1S/C18H16N2O/c1-18(11-14-5-3-2-4-6-14)12-17(20-21-18)16-9-7-15(13-19)8-10-16/h2-10H,11-12H2,1H3. The van der Waals surface area contributed by atoms with Crippen molar-refractivity contribution in [3.05, 3.63) is 71.3 Å². The first-order valence-electron chi connectivity index (χ1n) is 6.98. The Bertz CT molecular complexity index is 698. The Labute approximate surface area is 124 Å². The molecule has 0 N–H and O–H groups in total. The quantitative estimate of drug-likeness (QED) is 0.858. The zero-order valence-electron chi connectivity index (χ0n) is 11.9. The molecule has 0 aromatic heterocycles. The molecule has 0 saturated carbocycles. The van der Waals surface area contributed by atoms with Gasteiger partial charge in [-0.3, -0.25) is 0 Å². The molecule has 1 heterocycles. The second-order valence-electron chi connectivity index (χ2n) is 5.61. The Kier molecular flexibility index (Phi) is 3.45. The topological polar surface area (TPSA) is 45.4 Å². The monoisotopic (exact) mass is 276 g/mol. The Balaban J connectivity index is 1.73. The largest absolute Gasteiger partial charge is 0.388 e. The third kappa shape index (κ3) is 2.95. The molecular weight excluding hydrogens is 260 g/mol. The summed E-state index contributed by atoms with van der Waals surface area (Å²) < 4.78 is 0. The molecule has 0 aliphatic carbocycles. The molecule has 2 aromatic carbocycles. The molecule has 0 amide bonds. The number of hydrogen-bond donors (Lipinski definition) is 0. The molecule has 1 aliphatic rings. The van der Waals surface area contributed by atoms with Gasteiger partial charge in [0.25, 0.3) is 0 Å². The van der Waals surface area contributed by atoms with Crippen molar-refractivity contribution in [3.8, 4) is 6.07 Å². The van der Waals surface area contributed by atoms with Gasteiger partial charge in [0.05, 0.1) is 17.3 Å². The van der Waals surface area contributed by atoms with Gasteiger partial charge in [0.1, 0.15) is 5.60 Å². The molecular formula is C18H16N2O. The van der Waals surface area contributed by atoms with E-state index in [-0.39, 0.29) is 5.60 Å². The fourth-order valence-electron chi connectivity index (χ4n) is 2.60. The smallest absolute Gasteiger partial charge is 0.144 e. The first-order valence-corrected chi connectivity index (χ1v) is 6.98. The number of benzene rings is 2. The van der Waals surface area contributed by atoms with E-state index in [1.165, 1.54) is 5.56 Å². The Morgan fingerprint density at radius 2 is 1.86 bits per heavy atom. The maximum Gasteiger partial charge on any atom is 0.144 e. The Morgan fingerprint density at radius 1 is 1.14 bits per heavy atom. The van der Waals surface area contributed by atoms with Gasteiger partial charge in [0, 0.05) is 12.8 Å². The minimum Gasteiger partial charge on any atom is -0.388 e. The van der Waals surface area contributed by atoms with Crippen LogP contribution in [0.15, 0.2) is 59.8 Å². The SMILES string of the molecule is CC1(Cc2ccccc2)CC(c2ccc(C#N)cc2)=NO1. The van der Waals surface area contributed by atoms with Crippen molar-refractivity contribution in [1.82, 2.24) is 0 Å². The van der Waals surface area contributed by atoms with Gasteiger partial charge in [-0.1, -0.05) is 47.6 Å². The van der Waals surface area contributed by atoms with Crippen LogP contribution in [0.5, 0.6) is 0 Å². The van der Waals surface area contributed by atoms with Crippen LogP contribution in [0, 0.1) is 11.3 Å². The van der Waals surface area contributed by atoms with Crippen LogP contribution in [-0.2, 0) is 11.3 Å². The van der Waals surface area contributed by atoms with Gasteiger partial charge >= 0.3 is 0 Å². The van der Waals surface area contributed by atoms with Crippen LogP contribution in [0.4, 0.5) is 0 Å². The molecule has 3 rings (SSSR count). The van der Waals surface area contributed by atoms with E-state index in [2.05, 4.69) is 30.3 Å².